The van der Waals surface area contributed by atoms with Crippen LogP contribution in [-0.2, 0) is 30.8 Å². The van der Waals surface area contributed by atoms with Gasteiger partial charge in [-0.25, -0.2) is 4.79 Å². The molecule has 0 aliphatic carbocycles. The Kier molecular flexibility index (Phi) is 6.39. The number of hydrogen-bond donors (Lipinski definition) is 1. The summed E-state index contributed by atoms with van der Waals surface area (Å²) in [7, 11) is 0. The molecular formula is C23H30N4O2S. The van der Waals surface area contributed by atoms with Gasteiger partial charge in [0.25, 0.3) is 0 Å². The Morgan fingerprint density at radius 3 is 2.63 bits per heavy atom. The number of imidazole rings is 1. The van der Waals surface area contributed by atoms with Crippen LogP contribution < -0.4 is 11.0 Å². The largest absolute Gasteiger partial charge is 0.354 e. The Morgan fingerprint density at radius 2 is 1.90 bits per heavy atom. The fourth-order valence-electron chi connectivity index (χ4n) is 4.27. The first-order valence-corrected chi connectivity index (χ1v) is 11.7. The minimum atomic E-state index is -0.0286. The number of amides is 1. The molecule has 1 aliphatic rings. The number of carbonyl (C=O) groups excluding carboxylic acids is 1. The average molecular weight is 427 g/mol. The summed E-state index contributed by atoms with van der Waals surface area (Å²) in [6, 6.07) is 10.3. The molecule has 7 heteroatoms. The van der Waals surface area contributed by atoms with E-state index in [0.717, 1.165) is 37.0 Å². The molecule has 1 aromatic carbocycles. The quantitative estimate of drug-likeness (QED) is 0.602. The number of fused-ring (bicyclic) bond motifs is 2. The Bertz CT molecular complexity index is 1080. The van der Waals surface area contributed by atoms with E-state index in [1.165, 1.54) is 10.4 Å². The molecule has 0 saturated heterocycles. The van der Waals surface area contributed by atoms with Gasteiger partial charge in [0.1, 0.15) is 0 Å². The number of aromatic nitrogens is 2. The topological polar surface area (TPSA) is 59.3 Å². The first-order chi connectivity index (χ1) is 14.6. The van der Waals surface area contributed by atoms with Crippen molar-refractivity contribution in [2.45, 2.75) is 58.8 Å². The zero-order valence-corrected chi connectivity index (χ0v) is 18.6. The summed E-state index contributed by atoms with van der Waals surface area (Å²) in [4.78, 5) is 29.2. The third-order valence-electron chi connectivity index (χ3n) is 5.99. The zero-order valence-electron chi connectivity index (χ0n) is 17.8. The van der Waals surface area contributed by atoms with Crippen LogP contribution in [0.3, 0.4) is 0 Å². The lowest BCUT2D eigenvalue weighted by molar-refractivity contribution is -0.121. The van der Waals surface area contributed by atoms with Gasteiger partial charge in [-0.05, 0) is 48.9 Å². The van der Waals surface area contributed by atoms with Crippen molar-refractivity contribution in [1.29, 1.82) is 0 Å². The lowest BCUT2D eigenvalue weighted by Gasteiger charge is -2.32. The second-order valence-corrected chi connectivity index (χ2v) is 9.07. The highest BCUT2D eigenvalue weighted by atomic mass is 32.1. The highest BCUT2D eigenvalue weighted by Gasteiger charge is 2.21. The van der Waals surface area contributed by atoms with Crippen molar-refractivity contribution >= 4 is 28.3 Å². The molecule has 2 aromatic heterocycles. The van der Waals surface area contributed by atoms with Crippen molar-refractivity contribution in [2.24, 2.45) is 0 Å². The predicted octanol–water partition coefficient (Wildman–Crippen LogP) is 3.23. The molecular weight excluding hydrogens is 396 g/mol. The highest BCUT2D eigenvalue weighted by molar-refractivity contribution is 7.10. The van der Waals surface area contributed by atoms with Crippen LogP contribution in [0.15, 0.2) is 40.5 Å². The third kappa shape index (κ3) is 4.23. The minimum Gasteiger partial charge on any atom is -0.354 e. The average Bonchev–Trinajstić information content (AvgIpc) is 3.33. The molecule has 0 fully saturated rings. The Labute approximate surface area is 181 Å². The fraction of sp³-hybridized carbons (Fsp3) is 0.478. The van der Waals surface area contributed by atoms with Gasteiger partial charge in [-0.1, -0.05) is 19.1 Å². The first-order valence-electron chi connectivity index (χ1n) is 10.8. The Hall–Kier alpha value is -2.38. The standard InChI is InChI=1S/C23H30N4O2S/c1-3-11-26-19-6-4-5-7-20(19)27(23(26)29)13-9-22(28)24-15-17(2)25-12-8-21-18(16-25)10-14-30-21/h4-7,10,14,17H,3,8-9,11-13,15-16H2,1-2H3,(H,24,28). The number of rotatable bonds is 8. The van der Waals surface area contributed by atoms with Crippen LogP contribution in [-0.4, -0.2) is 39.1 Å². The first kappa shape index (κ1) is 20.9. The van der Waals surface area contributed by atoms with Crippen LogP contribution in [0.4, 0.5) is 0 Å². The lowest BCUT2D eigenvalue weighted by atomic mass is 10.1. The van der Waals surface area contributed by atoms with E-state index >= 15 is 0 Å². The molecule has 1 aliphatic heterocycles. The summed E-state index contributed by atoms with van der Waals surface area (Å²) < 4.78 is 3.54. The van der Waals surface area contributed by atoms with Crippen LogP contribution in [0, 0.1) is 0 Å². The van der Waals surface area contributed by atoms with Gasteiger partial charge in [-0.2, -0.15) is 0 Å². The molecule has 3 aromatic rings. The van der Waals surface area contributed by atoms with Gasteiger partial charge in [0.15, 0.2) is 0 Å². The molecule has 1 N–H and O–H groups in total. The van der Waals surface area contributed by atoms with Gasteiger partial charge in [0.05, 0.1) is 11.0 Å². The molecule has 0 saturated carbocycles. The maximum Gasteiger partial charge on any atom is 0.329 e. The summed E-state index contributed by atoms with van der Waals surface area (Å²) in [5.74, 6) is -0.00527. The SMILES string of the molecule is CCCn1c(=O)n(CCC(=O)NCC(C)N2CCc3sccc3C2)c2ccccc21. The van der Waals surface area contributed by atoms with Crippen LogP contribution in [0.2, 0.25) is 0 Å². The molecule has 30 heavy (non-hydrogen) atoms. The van der Waals surface area contributed by atoms with Gasteiger partial charge in [-0.15, -0.1) is 11.3 Å². The maximum atomic E-state index is 12.8. The summed E-state index contributed by atoms with van der Waals surface area (Å²) >= 11 is 1.84. The van der Waals surface area contributed by atoms with E-state index in [2.05, 4.69) is 35.5 Å². The highest BCUT2D eigenvalue weighted by Crippen LogP contribution is 2.25. The molecule has 6 nitrogen and oxygen atoms in total. The second-order valence-electron chi connectivity index (χ2n) is 8.07. The minimum absolute atomic E-state index is 0.00527. The Morgan fingerprint density at radius 1 is 1.17 bits per heavy atom. The third-order valence-corrected chi connectivity index (χ3v) is 7.01. The van der Waals surface area contributed by atoms with E-state index in [9.17, 15) is 9.59 Å². The van der Waals surface area contributed by atoms with E-state index < -0.39 is 0 Å². The molecule has 0 spiro atoms. The number of thiophene rings is 1. The van der Waals surface area contributed by atoms with E-state index in [4.69, 9.17) is 0 Å². The molecule has 160 valence electrons. The summed E-state index contributed by atoms with van der Waals surface area (Å²) in [6.45, 7) is 7.95. The van der Waals surface area contributed by atoms with Crippen molar-refractivity contribution in [2.75, 3.05) is 13.1 Å². The monoisotopic (exact) mass is 426 g/mol. The number of aryl methyl sites for hydroxylation is 2. The number of nitrogens with zero attached hydrogens (tertiary/aromatic N) is 3. The van der Waals surface area contributed by atoms with Crippen molar-refractivity contribution in [3.8, 4) is 0 Å². The summed E-state index contributed by atoms with van der Waals surface area (Å²) in [6.07, 6.45) is 2.30. The zero-order chi connectivity index (χ0) is 21.1. The van der Waals surface area contributed by atoms with Crippen LogP contribution >= 0.6 is 11.3 Å². The van der Waals surface area contributed by atoms with Crippen molar-refractivity contribution in [3.63, 3.8) is 0 Å². The number of hydrogen-bond acceptors (Lipinski definition) is 4. The second kappa shape index (κ2) is 9.18. The molecule has 0 bridgehead atoms. The van der Waals surface area contributed by atoms with E-state index in [1.54, 1.807) is 4.57 Å². The van der Waals surface area contributed by atoms with Crippen LogP contribution in [0.5, 0.6) is 0 Å². The smallest absolute Gasteiger partial charge is 0.329 e. The predicted molar refractivity (Wildman–Crippen MR) is 122 cm³/mol. The maximum absolute atomic E-state index is 12.8. The lowest BCUT2D eigenvalue weighted by Crippen LogP contribution is -2.44. The molecule has 1 atom stereocenters. The van der Waals surface area contributed by atoms with Gasteiger partial charge in [-0.3, -0.25) is 18.8 Å². The van der Waals surface area contributed by atoms with E-state index in [0.29, 0.717) is 26.1 Å². The molecule has 1 amide bonds. The van der Waals surface area contributed by atoms with Crippen LogP contribution in [0.1, 0.15) is 37.1 Å². The van der Waals surface area contributed by atoms with Crippen molar-refractivity contribution in [1.82, 2.24) is 19.4 Å². The number of benzene rings is 1. The van der Waals surface area contributed by atoms with E-state index in [1.807, 2.05) is 40.2 Å². The van der Waals surface area contributed by atoms with E-state index in [-0.39, 0.29) is 17.6 Å². The normalized spacial score (nSPS) is 15.3. The Balaban J connectivity index is 1.33. The van der Waals surface area contributed by atoms with Gasteiger partial charge < -0.3 is 5.32 Å². The van der Waals surface area contributed by atoms with Crippen molar-refractivity contribution < 1.29 is 4.79 Å². The summed E-state index contributed by atoms with van der Waals surface area (Å²) in [5.41, 5.74) is 3.24. The van der Waals surface area contributed by atoms with Gasteiger partial charge in [0, 0.05) is 50.1 Å². The fourth-order valence-corrected chi connectivity index (χ4v) is 5.16. The number of para-hydroxylation sites is 2. The van der Waals surface area contributed by atoms with Gasteiger partial charge in [0.2, 0.25) is 5.91 Å². The van der Waals surface area contributed by atoms with Gasteiger partial charge >= 0.3 is 5.69 Å². The number of nitrogens with one attached hydrogen (secondary N) is 1. The summed E-state index contributed by atoms with van der Waals surface area (Å²) in [5, 5.41) is 5.23. The van der Waals surface area contributed by atoms with Crippen molar-refractivity contribution in [3.05, 3.63) is 56.6 Å². The molecule has 0 radical (unpaired) electrons. The molecule has 3 heterocycles. The molecule has 1 unspecified atom stereocenters. The molecule has 4 rings (SSSR count). The number of carbonyl (C=O) groups is 1. The van der Waals surface area contributed by atoms with Crippen LogP contribution in [0.25, 0.3) is 11.0 Å².